The number of thiophene rings is 1. The second-order valence-corrected chi connectivity index (χ2v) is 7.10. The van der Waals surface area contributed by atoms with Gasteiger partial charge in [-0.15, -0.1) is 23.1 Å². The van der Waals surface area contributed by atoms with Gasteiger partial charge in [-0.05, 0) is 44.7 Å². The Hall–Kier alpha value is -0.770. The highest BCUT2D eigenvalue weighted by molar-refractivity contribution is 7.99. The molecule has 0 saturated heterocycles. The molecule has 0 radical (unpaired) electrons. The third-order valence-corrected chi connectivity index (χ3v) is 5.21. The van der Waals surface area contributed by atoms with Crippen LogP contribution in [0, 0.1) is 13.8 Å². The first-order chi connectivity index (χ1) is 9.19. The molecule has 102 valence electrons. The molecule has 0 aliphatic heterocycles. The van der Waals surface area contributed by atoms with Gasteiger partial charge in [-0.3, -0.25) is 0 Å². The molecule has 0 saturated carbocycles. The van der Waals surface area contributed by atoms with Gasteiger partial charge in [0.25, 0.3) is 0 Å². The zero-order valence-electron chi connectivity index (χ0n) is 11.8. The van der Waals surface area contributed by atoms with Gasteiger partial charge in [0.1, 0.15) is 0 Å². The number of benzene rings is 1. The summed E-state index contributed by atoms with van der Waals surface area (Å²) in [6.07, 6.45) is 0. The average molecular weight is 291 g/mol. The van der Waals surface area contributed by atoms with Gasteiger partial charge in [-0.25, -0.2) is 0 Å². The van der Waals surface area contributed by atoms with Crippen LogP contribution in [0.25, 0.3) is 0 Å². The summed E-state index contributed by atoms with van der Waals surface area (Å²) in [7, 11) is 0. The van der Waals surface area contributed by atoms with Crippen molar-refractivity contribution in [3.8, 4) is 0 Å². The maximum atomic E-state index is 3.58. The van der Waals surface area contributed by atoms with E-state index in [4.69, 9.17) is 0 Å². The van der Waals surface area contributed by atoms with Crippen LogP contribution in [0.2, 0.25) is 0 Å². The molecule has 0 aliphatic rings. The number of aryl methyl sites for hydroxylation is 2. The van der Waals surface area contributed by atoms with Crippen molar-refractivity contribution in [2.75, 3.05) is 12.3 Å². The van der Waals surface area contributed by atoms with Gasteiger partial charge in [0.15, 0.2) is 0 Å². The average Bonchev–Trinajstić information content (AvgIpc) is 2.83. The van der Waals surface area contributed by atoms with E-state index in [1.54, 1.807) is 0 Å². The zero-order valence-corrected chi connectivity index (χ0v) is 13.4. The quantitative estimate of drug-likeness (QED) is 0.767. The lowest BCUT2D eigenvalue weighted by Gasteiger charge is -2.16. The smallest absolute Gasteiger partial charge is 0.0510 e. The van der Waals surface area contributed by atoms with Crippen LogP contribution in [0.4, 0.5) is 0 Å². The van der Waals surface area contributed by atoms with E-state index in [0.29, 0.717) is 6.04 Å². The Balaban J connectivity index is 1.99. The van der Waals surface area contributed by atoms with Crippen molar-refractivity contribution in [3.05, 3.63) is 51.7 Å². The van der Waals surface area contributed by atoms with E-state index < -0.39 is 0 Å². The SMILES string of the molecule is CCNC(CSc1ccc(C)cc1)c1ccc(C)s1. The van der Waals surface area contributed by atoms with Crippen LogP contribution < -0.4 is 5.32 Å². The predicted octanol–water partition coefficient (Wildman–Crippen LogP) is 4.81. The van der Waals surface area contributed by atoms with E-state index in [9.17, 15) is 0 Å². The van der Waals surface area contributed by atoms with Crippen molar-refractivity contribution >= 4 is 23.1 Å². The first-order valence-electron chi connectivity index (χ1n) is 6.68. The molecule has 2 aromatic rings. The normalized spacial score (nSPS) is 12.6. The van der Waals surface area contributed by atoms with Crippen LogP contribution in [0.5, 0.6) is 0 Å². The first-order valence-corrected chi connectivity index (χ1v) is 8.48. The lowest BCUT2D eigenvalue weighted by atomic mass is 10.2. The third-order valence-electron chi connectivity index (χ3n) is 2.99. The van der Waals surface area contributed by atoms with Crippen molar-refractivity contribution in [1.82, 2.24) is 5.32 Å². The molecule has 0 fully saturated rings. The highest BCUT2D eigenvalue weighted by Gasteiger charge is 2.12. The Morgan fingerprint density at radius 2 is 1.84 bits per heavy atom. The lowest BCUT2D eigenvalue weighted by molar-refractivity contribution is 0.615. The Kier molecular flexibility index (Phi) is 5.49. The molecule has 0 aliphatic carbocycles. The highest BCUT2D eigenvalue weighted by atomic mass is 32.2. The molecule has 1 atom stereocenters. The molecule has 1 aromatic heterocycles. The molecule has 19 heavy (non-hydrogen) atoms. The topological polar surface area (TPSA) is 12.0 Å². The number of nitrogens with one attached hydrogen (secondary N) is 1. The van der Waals surface area contributed by atoms with Gasteiger partial charge in [0.2, 0.25) is 0 Å². The summed E-state index contributed by atoms with van der Waals surface area (Å²) < 4.78 is 0. The van der Waals surface area contributed by atoms with Crippen LogP contribution in [-0.4, -0.2) is 12.3 Å². The van der Waals surface area contributed by atoms with Gasteiger partial charge >= 0.3 is 0 Å². The largest absolute Gasteiger partial charge is 0.309 e. The molecule has 0 amide bonds. The summed E-state index contributed by atoms with van der Waals surface area (Å²) >= 11 is 3.82. The van der Waals surface area contributed by atoms with Crippen molar-refractivity contribution in [2.24, 2.45) is 0 Å². The van der Waals surface area contributed by atoms with E-state index in [1.807, 2.05) is 23.1 Å². The van der Waals surface area contributed by atoms with Gasteiger partial charge < -0.3 is 5.32 Å². The summed E-state index contributed by atoms with van der Waals surface area (Å²) in [6.45, 7) is 7.48. The third kappa shape index (κ3) is 4.37. The molecule has 1 nitrogen and oxygen atoms in total. The number of hydrogen-bond donors (Lipinski definition) is 1. The minimum Gasteiger partial charge on any atom is -0.309 e. The van der Waals surface area contributed by atoms with Gasteiger partial charge in [-0.2, -0.15) is 0 Å². The van der Waals surface area contributed by atoms with Crippen molar-refractivity contribution in [1.29, 1.82) is 0 Å². The Morgan fingerprint density at radius 3 is 2.42 bits per heavy atom. The summed E-state index contributed by atoms with van der Waals surface area (Å²) in [5.74, 6) is 1.08. The van der Waals surface area contributed by atoms with Crippen molar-refractivity contribution < 1.29 is 0 Å². The van der Waals surface area contributed by atoms with E-state index in [-0.39, 0.29) is 0 Å². The summed E-state index contributed by atoms with van der Waals surface area (Å²) in [5.41, 5.74) is 1.32. The zero-order chi connectivity index (χ0) is 13.7. The fourth-order valence-electron chi connectivity index (χ4n) is 1.94. The monoisotopic (exact) mass is 291 g/mol. The Labute approximate surface area is 124 Å². The summed E-state index contributed by atoms with van der Waals surface area (Å²) in [5, 5.41) is 3.58. The fourth-order valence-corrected chi connectivity index (χ4v) is 3.99. The summed E-state index contributed by atoms with van der Waals surface area (Å²) in [4.78, 5) is 4.18. The van der Waals surface area contributed by atoms with E-state index in [0.717, 1.165) is 12.3 Å². The molecule has 0 bridgehead atoms. The minimum atomic E-state index is 0.454. The Morgan fingerprint density at radius 1 is 1.11 bits per heavy atom. The predicted molar refractivity (Wildman–Crippen MR) is 87.4 cm³/mol. The minimum absolute atomic E-state index is 0.454. The van der Waals surface area contributed by atoms with E-state index >= 15 is 0 Å². The van der Waals surface area contributed by atoms with Crippen LogP contribution in [-0.2, 0) is 0 Å². The molecule has 0 spiro atoms. The van der Waals surface area contributed by atoms with E-state index in [2.05, 4.69) is 62.5 Å². The standard InChI is InChI=1S/C16H21NS2/c1-4-17-15(16-10-7-13(3)19-16)11-18-14-8-5-12(2)6-9-14/h5-10,15,17H,4,11H2,1-3H3. The second-order valence-electron chi connectivity index (χ2n) is 4.68. The van der Waals surface area contributed by atoms with Gasteiger partial charge in [-0.1, -0.05) is 24.6 Å². The molecule has 1 heterocycles. The van der Waals surface area contributed by atoms with Gasteiger partial charge in [0, 0.05) is 20.4 Å². The Bertz CT molecular complexity index is 502. The highest BCUT2D eigenvalue weighted by Crippen LogP contribution is 2.28. The molecular weight excluding hydrogens is 270 g/mol. The number of rotatable bonds is 6. The maximum Gasteiger partial charge on any atom is 0.0510 e. The molecule has 1 unspecified atom stereocenters. The molecule has 2 rings (SSSR count). The van der Waals surface area contributed by atoms with Gasteiger partial charge in [0.05, 0.1) is 6.04 Å². The lowest BCUT2D eigenvalue weighted by Crippen LogP contribution is -2.21. The van der Waals surface area contributed by atoms with Crippen LogP contribution in [0.15, 0.2) is 41.3 Å². The van der Waals surface area contributed by atoms with Crippen molar-refractivity contribution in [3.63, 3.8) is 0 Å². The number of thioether (sulfide) groups is 1. The molecular formula is C16H21NS2. The maximum absolute atomic E-state index is 3.58. The van der Waals surface area contributed by atoms with Crippen LogP contribution >= 0.6 is 23.1 Å². The fraction of sp³-hybridized carbons (Fsp3) is 0.375. The summed E-state index contributed by atoms with van der Waals surface area (Å²) in [6, 6.07) is 13.7. The molecule has 3 heteroatoms. The molecule has 1 N–H and O–H groups in total. The van der Waals surface area contributed by atoms with E-state index in [1.165, 1.54) is 20.2 Å². The number of hydrogen-bond acceptors (Lipinski definition) is 3. The van der Waals surface area contributed by atoms with Crippen LogP contribution in [0.3, 0.4) is 0 Å². The second kappa shape index (κ2) is 7.13. The first kappa shape index (κ1) is 14.6. The molecule has 1 aromatic carbocycles. The van der Waals surface area contributed by atoms with Crippen LogP contribution in [0.1, 0.15) is 28.3 Å². The van der Waals surface area contributed by atoms with Crippen molar-refractivity contribution in [2.45, 2.75) is 31.7 Å².